The van der Waals surface area contributed by atoms with Crippen LogP contribution in [0.5, 0.6) is 0 Å². The molecule has 4 nitrogen and oxygen atoms in total. The lowest BCUT2D eigenvalue weighted by Crippen LogP contribution is -2.41. The fourth-order valence-corrected chi connectivity index (χ4v) is 2.16. The maximum Gasteiger partial charge on any atom is 0.309 e. The Labute approximate surface area is 97.9 Å². The van der Waals surface area contributed by atoms with E-state index in [4.69, 9.17) is 9.47 Å². The zero-order valence-corrected chi connectivity index (χ0v) is 10.6. The second-order valence-electron chi connectivity index (χ2n) is 4.41. The average Bonchev–Trinajstić information content (AvgIpc) is 2.35. The number of esters is 1. The fourth-order valence-electron chi connectivity index (χ4n) is 2.16. The van der Waals surface area contributed by atoms with E-state index in [0.717, 1.165) is 39.0 Å². The van der Waals surface area contributed by atoms with Crippen LogP contribution in [0, 0.1) is 5.92 Å². The monoisotopic (exact) mass is 229 g/mol. The second kappa shape index (κ2) is 6.86. The molecular weight excluding hydrogens is 206 g/mol. The first-order valence-corrected chi connectivity index (χ1v) is 6.04. The summed E-state index contributed by atoms with van der Waals surface area (Å²) in [6.07, 6.45) is 2.96. The van der Waals surface area contributed by atoms with Crippen LogP contribution >= 0.6 is 0 Å². The summed E-state index contributed by atoms with van der Waals surface area (Å²) in [5, 5.41) is 0. The topological polar surface area (TPSA) is 38.8 Å². The van der Waals surface area contributed by atoms with Gasteiger partial charge in [0.2, 0.25) is 0 Å². The van der Waals surface area contributed by atoms with Gasteiger partial charge in [-0.1, -0.05) is 6.92 Å². The molecule has 1 fully saturated rings. The van der Waals surface area contributed by atoms with Crippen LogP contribution in [0.15, 0.2) is 0 Å². The quantitative estimate of drug-likeness (QED) is 0.666. The third kappa shape index (κ3) is 3.76. The maximum atomic E-state index is 11.5. The summed E-state index contributed by atoms with van der Waals surface area (Å²) in [7, 11) is 3.54. The molecule has 0 aromatic carbocycles. The SMILES string of the molecule is CCC(CN(C)C1CCOCC1)C(=O)OC. The Hall–Kier alpha value is -0.610. The van der Waals surface area contributed by atoms with Gasteiger partial charge in [-0.2, -0.15) is 0 Å². The van der Waals surface area contributed by atoms with Crippen LogP contribution < -0.4 is 0 Å². The third-order valence-corrected chi connectivity index (χ3v) is 3.35. The highest BCUT2D eigenvalue weighted by Gasteiger charge is 2.24. The van der Waals surface area contributed by atoms with Crippen molar-refractivity contribution < 1.29 is 14.3 Å². The Kier molecular flexibility index (Phi) is 5.77. The van der Waals surface area contributed by atoms with E-state index in [0.29, 0.717) is 6.04 Å². The molecule has 1 saturated heterocycles. The molecule has 0 aromatic rings. The molecule has 1 rings (SSSR count). The number of hydrogen-bond donors (Lipinski definition) is 0. The molecule has 4 heteroatoms. The van der Waals surface area contributed by atoms with Gasteiger partial charge in [-0.05, 0) is 26.3 Å². The normalized spacial score (nSPS) is 19.8. The Morgan fingerprint density at radius 2 is 2.12 bits per heavy atom. The predicted octanol–water partition coefficient (Wildman–Crippen LogP) is 1.30. The van der Waals surface area contributed by atoms with E-state index >= 15 is 0 Å². The van der Waals surface area contributed by atoms with Crippen LogP contribution in [0.4, 0.5) is 0 Å². The van der Waals surface area contributed by atoms with Crippen LogP contribution in [0.25, 0.3) is 0 Å². The fraction of sp³-hybridized carbons (Fsp3) is 0.917. The Morgan fingerprint density at radius 3 is 2.62 bits per heavy atom. The van der Waals surface area contributed by atoms with Gasteiger partial charge in [-0.25, -0.2) is 0 Å². The minimum absolute atomic E-state index is 0.00200. The predicted molar refractivity (Wildman–Crippen MR) is 62.3 cm³/mol. The molecular formula is C12H23NO3. The number of nitrogens with zero attached hydrogens (tertiary/aromatic N) is 1. The first kappa shape index (κ1) is 13.5. The van der Waals surface area contributed by atoms with E-state index in [1.54, 1.807) is 0 Å². The molecule has 1 aliphatic rings. The van der Waals surface area contributed by atoms with E-state index in [-0.39, 0.29) is 11.9 Å². The molecule has 0 bridgehead atoms. The highest BCUT2D eigenvalue weighted by Crippen LogP contribution is 2.16. The Bertz CT molecular complexity index is 214. The van der Waals surface area contributed by atoms with E-state index in [9.17, 15) is 4.79 Å². The summed E-state index contributed by atoms with van der Waals surface area (Å²) in [5.74, 6) is -0.0979. The summed E-state index contributed by atoms with van der Waals surface area (Å²) >= 11 is 0. The van der Waals surface area contributed by atoms with Crippen molar-refractivity contribution in [1.82, 2.24) is 4.90 Å². The minimum Gasteiger partial charge on any atom is -0.469 e. The molecule has 1 aliphatic heterocycles. The van der Waals surface area contributed by atoms with Gasteiger partial charge in [-0.3, -0.25) is 4.79 Å². The van der Waals surface area contributed by atoms with E-state index in [1.807, 2.05) is 6.92 Å². The zero-order valence-electron chi connectivity index (χ0n) is 10.6. The van der Waals surface area contributed by atoms with Gasteiger partial charge in [0.1, 0.15) is 0 Å². The van der Waals surface area contributed by atoms with E-state index in [2.05, 4.69) is 11.9 Å². The van der Waals surface area contributed by atoms with Crippen LogP contribution in [-0.2, 0) is 14.3 Å². The average molecular weight is 229 g/mol. The number of methoxy groups -OCH3 is 1. The maximum absolute atomic E-state index is 11.5. The van der Waals surface area contributed by atoms with Gasteiger partial charge >= 0.3 is 5.97 Å². The molecule has 1 heterocycles. The van der Waals surface area contributed by atoms with Crippen LogP contribution in [-0.4, -0.2) is 50.8 Å². The first-order valence-electron chi connectivity index (χ1n) is 6.04. The molecule has 0 saturated carbocycles. The van der Waals surface area contributed by atoms with Gasteiger partial charge < -0.3 is 14.4 Å². The first-order chi connectivity index (χ1) is 7.69. The van der Waals surface area contributed by atoms with Crippen LogP contribution in [0.2, 0.25) is 0 Å². The molecule has 94 valence electrons. The number of carbonyl (C=O) groups is 1. The van der Waals surface area contributed by atoms with Crippen molar-refractivity contribution in [3.05, 3.63) is 0 Å². The molecule has 1 unspecified atom stereocenters. The summed E-state index contributed by atoms with van der Waals surface area (Å²) in [6, 6.07) is 0.549. The van der Waals surface area contributed by atoms with Gasteiger partial charge in [0.15, 0.2) is 0 Å². The van der Waals surface area contributed by atoms with Crippen molar-refractivity contribution in [2.45, 2.75) is 32.2 Å². The number of hydrogen-bond acceptors (Lipinski definition) is 4. The molecule has 0 spiro atoms. The molecule has 0 N–H and O–H groups in total. The highest BCUT2D eigenvalue weighted by molar-refractivity contribution is 5.72. The van der Waals surface area contributed by atoms with Crippen molar-refractivity contribution >= 4 is 5.97 Å². The highest BCUT2D eigenvalue weighted by atomic mass is 16.5. The van der Waals surface area contributed by atoms with Gasteiger partial charge in [-0.15, -0.1) is 0 Å². The third-order valence-electron chi connectivity index (χ3n) is 3.35. The lowest BCUT2D eigenvalue weighted by Gasteiger charge is -2.32. The van der Waals surface area contributed by atoms with E-state index in [1.165, 1.54) is 7.11 Å². The summed E-state index contributed by atoms with van der Waals surface area (Å²) in [4.78, 5) is 13.8. The summed E-state index contributed by atoms with van der Waals surface area (Å²) in [5.41, 5.74) is 0. The molecule has 0 radical (unpaired) electrons. The minimum atomic E-state index is -0.0959. The molecule has 0 aliphatic carbocycles. The number of ether oxygens (including phenoxy) is 2. The number of carbonyl (C=O) groups excluding carboxylic acids is 1. The molecule has 1 atom stereocenters. The smallest absolute Gasteiger partial charge is 0.309 e. The lowest BCUT2D eigenvalue weighted by atomic mass is 10.0. The van der Waals surface area contributed by atoms with Crippen molar-refractivity contribution in [3.8, 4) is 0 Å². The number of rotatable bonds is 5. The van der Waals surface area contributed by atoms with Crippen molar-refractivity contribution in [2.75, 3.05) is 33.9 Å². The summed E-state index contributed by atoms with van der Waals surface area (Å²) < 4.78 is 10.1. The Balaban J connectivity index is 2.40. The van der Waals surface area contributed by atoms with Crippen molar-refractivity contribution in [3.63, 3.8) is 0 Å². The van der Waals surface area contributed by atoms with Crippen LogP contribution in [0.3, 0.4) is 0 Å². The van der Waals surface area contributed by atoms with E-state index < -0.39 is 0 Å². The van der Waals surface area contributed by atoms with Gasteiger partial charge in [0, 0.05) is 25.8 Å². The Morgan fingerprint density at radius 1 is 1.50 bits per heavy atom. The van der Waals surface area contributed by atoms with Crippen LogP contribution in [0.1, 0.15) is 26.2 Å². The molecule has 16 heavy (non-hydrogen) atoms. The second-order valence-corrected chi connectivity index (χ2v) is 4.41. The lowest BCUT2D eigenvalue weighted by molar-refractivity contribution is -0.146. The van der Waals surface area contributed by atoms with Gasteiger partial charge in [0.25, 0.3) is 0 Å². The zero-order chi connectivity index (χ0) is 12.0. The molecule has 0 amide bonds. The van der Waals surface area contributed by atoms with Gasteiger partial charge in [0.05, 0.1) is 13.0 Å². The standard InChI is InChI=1S/C12H23NO3/c1-4-10(12(14)15-3)9-13(2)11-5-7-16-8-6-11/h10-11H,4-9H2,1-3H3. The summed E-state index contributed by atoms with van der Waals surface area (Å²) in [6.45, 7) is 4.49. The largest absolute Gasteiger partial charge is 0.469 e. The van der Waals surface area contributed by atoms with Crippen molar-refractivity contribution in [1.29, 1.82) is 0 Å². The molecule has 0 aromatic heterocycles. The van der Waals surface area contributed by atoms with Crippen molar-refractivity contribution in [2.24, 2.45) is 5.92 Å².